The molecule has 1 saturated heterocycles. The van der Waals surface area contributed by atoms with E-state index in [0.29, 0.717) is 0 Å². The van der Waals surface area contributed by atoms with Gasteiger partial charge < -0.3 is 9.88 Å². The van der Waals surface area contributed by atoms with Crippen molar-refractivity contribution in [3.05, 3.63) is 41.7 Å². The molecule has 1 fully saturated rings. The fraction of sp³-hybridized carbons (Fsp3) is 0.350. The van der Waals surface area contributed by atoms with Crippen molar-refractivity contribution in [3.8, 4) is 11.3 Å². The number of nitrogens with one attached hydrogen (secondary N) is 1. The van der Waals surface area contributed by atoms with E-state index in [-0.39, 0.29) is 5.78 Å². The summed E-state index contributed by atoms with van der Waals surface area (Å²) in [6, 6.07) is 9.75. The Balaban J connectivity index is 1.77. The largest absolute Gasteiger partial charge is 0.355 e. The average molecular weight is 334 g/mol. The van der Waals surface area contributed by atoms with Gasteiger partial charge in [-0.15, -0.1) is 0 Å². The monoisotopic (exact) mass is 334 g/mol. The SMILES string of the molecule is CC(=O)c1ccc(-c2cc3nc(C)nc(N4CCCCC4)c3[nH]2)cc1. The molecular formula is C20H22N4O. The highest BCUT2D eigenvalue weighted by atomic mass is 16.1. The van der Waals surface area contributed by atoms with Gasteiger partial charge in [-0.1, -0.05) is 24.3 Å². The molecule has 128 valence electrons. The van der Waals surface area contributed by atoms with Crippen molar-refractivity contribution in [3.63, 3.8) is 0 Å². The maximum absolute atomic E-state index is 11.5. The second kappa shape index (κ2) is 6.31. The van der Waals surface area contributed by atoms with Crippen molar-refractivity contribution in [2.45, 2.75) is 33.1 Å². The Morgan fingerprint density at radius 1 is 1.08 bits per heavy atom. The molecule has 1 N–H and O–H groups in total. The van der Waals surface area contributed by atoms with Gasteiger partial charge in [0, 0.05) is 24.3 Å². The molecule has 5 heteroatoms. The van der Waals surface area contributed by atoms with E-state index in [2.05, 4.69) is 20.9 Å². The van der Waals surface area contributed by atoms with Gasteiger partial charge in [-0.05, 0) is 44.7 Å². The number of H-pyrrole nitrogens is 1. The van der Waals surface area contributed by atoms with Gasteiger partial charge in [-0.25, -0.2) is 9.97 Å². The zero-order chi connectivity index (χ0) is 17.4. The molecule has 3 heterocycles. The molecular weight excluding hydrogens is 312 g/mol. The van der Waals surface area contributed by atoms with Crippen molar-refractivity contribution in [2.75, 3.05) is 18.0 Å². The highest BCUT2D eigenvalue weighted by molar-refractivity contribution is 5.95. The lowest BCUT2D eigenvalue weighted by Gasteiger charge is -2.28. The lowest BCUT2D eigenvalue weighted by molar-refractivity contribution is 0.101. The summed E-state index contributed by atoms with van der Waals surface area (Å²) in [6.45, 7) is 5.63. The van der Waals surface area contributed by atoms with E-state index in [1.807, 2.05) is 31.2 Å². The third kappa shape index (κ3) is 3.02. The van der Waals surface area contributed by atoms with Crippen molar-refractivity contribution < 1.29 is 4.79 Å². The van der Waals surface area contributed by atoms with E-state index in [4.69, 9.17) is 4.98 Å². The number of hydrogen-bond donors (Lipinski definition) is 1. The predicted octanol–water partition coefficient (Wildman–Crippen LogP) is 4.13. The molecule has 0 saturated carbocycles. The van der Waals surface area contributed by atoms with Crippen LogP contribution >= 0.6 is 0 Å². The number of nitrogens with zero attached hydrogens (tertiary/aromatic N) is 3. The van der Waals surface area contributed by atoms with Crippen LogP contribution < -0.4 is 4.90 Å². The Kier molecular flexibility index (Phi) is 3.99. The fourth-order valence-electron chi connectivity index (χ4n) is 3.49. The van der Waals surface area contributed by atoms with Crippen LogP contribution in [0.2, 0.25) is 0 Å². The Bertz CT molecular complexity index is 921. The maximum atomic E-state index is 11.5. The van der Waals surface area contributed by atoms with E-state index in [1.54, 1.807) is 6.92 Å². The predicted molar refractivity (Wildman–Crippen MR) is 100 cm³/mol. The van der Waals surface area contributed by atoms with Crippen molar-refractivity contribution in [1.29, 1.82) is 0 Å². The quantitative estimate of drug-likeness (QED) is 0.732. The number of aromatic nitrogens is 3. The first-order valence-corrected chi connectivity index (χ1v) is 8.85. The van der Waals surface area contributed by atoms with E-state index >= 15 is 0 Å². The number of aryl methyl sites for hydroxylation is 1. The van der Waals surface area contributed by atoms with Gasteiger partial charge in [0.2, 0.25) is 0 Å². The van der Waals surface area contributed by atoms with Crippen LogP contribution in [0, 0.1) is 6.92 Å². The summed E-state index contributed by atoms with van der Waals surface area (Å²) in [5, 5.41) is 0. The number of anilines is 1. The smallest absolute Gasteiger partial charge is 0.159 e. The van der Waals surface area contributed by atoms with Crippen LogP contribution in [0.5, 0.6) is 0 Å². The van der Waals surface area contributed by atoms with Gasteiger partial charge in [-0.3, -0.25) is 4.79 Å². The van der Waals surface area contributed by atoms with Crippen LogP contribution in [0.25, 0.3) is 22.3 Å². The molecule has 25 heavy (non-hydrogen) atoms. The molecule has 0 unspecified atom stereocenters. The van der Waals surface area contributed by atoms with Crippen LogP contribution in [-0.2, 0) is 0 Å². The summed E-state index contributed by atoms with van der Waals surface area (Å²) in [6.07, 6.45) is 3.72. The zero-order valence-corrected chi connectivity index (χ0v) is 14.7. The molecule has 0 atom stereocenters. The van der Waals surface area contributed by atoms with E-state index in [9.17, 15) is 4.79 Å². The molecule has 3 aromatic rings. The normalized spacial score (nSPS) is 14.9. The Hall–Kier alpha value is -2.69. The summed E-state index contributed by atoms with van der Waals surface area (Å²) in [7, 11) is 0. The standard InChI is InChI=1S/C20H22N4O/c1-13(25)15-6-8-16(9-7-15)17-12-18-19(23-17)20(22-14(2)21-18)24-10-4-3-5-11-24/h6-9,12,23H,3-5,10-11H2,1-2H3. The second-order valence-corrected chi connectivity index (χ2v) is 6.72. The number of fused-ring (bicyclic) bond motifs is 1. The number of hydrogen-bond acceptors (Lipinski definition) is 4. The summed E-state index contributed by atoms with van der Waals surface area (Å²) >= 11 is 0. The minimum atomic E-state index is 0.0806. The lowest BCUT2D eigenvalue weighted by Crippen LogP contribution is -2.30. The van der Waals surface area contributed by atoms with Crippen LogP contribution in [-0.4, -0.2) is 33.8 Å². The van der Waals surface area contributed by atoms with Gasteiger partial charge in [0.1, 0.15) is 11.3 Å². The average Bonchev–Trinajstić information content (AvgIpc) is 3.05. The number of benzene rings is 1. The number of aromatic amines is 1. The molecule has 1 aliphatic heterocycles. The number of piperidine rings is 1. The lowest BCUT2D eigenvalue weighted by atomic mass is 10.1. The first-order valence-electron chi connectivity index (χ1n) is 8.85. The number of ketones is 1. The molecule has 0 radical (unpaired) electrons. The van der Waals surface area contributed by atoms with E-state index in [0.717, 1.165) is 52.6 Å². The Morgan fingerprint density at radius 3 is 2.48 bits per heavy atom. The highest BCUT2D eigenvalue weighted by Crippen LogP contribution is 2.30. The summed E-state index contributed by atoms with van der Waals surface area (Å²) in [5.41, 5.74) is 4.72. The number of carbonyl (C=O) groups is 1. The maximum Gasteiger partial charge on any atom is 0.159 e. The van der Waals surface area contributed by atoms with Gasteiger partial charge in [0.15, 0.2) is 11.6 Å². The molecule has 4 rings (SSSR count). The van der Waals surface area contributed by atoms with Crippen LogP contribution in [0.15, 0.2) is 30.3 Å². The summed E-state index contributed by atoms with van der Waals surface area (Å²) in [5.74, 6) is 1.89. The zero-order valence-electron chi connectivity index (χ0n) is 14.7. The Morgan fingerprint density at radius 2 is 1.80 bits per heavy atom. The number of rotatable bonds is 3. The minimum Gasteiger partial charge on any atom is -0.355 e. The molecule has 0 aliphatic carbocycles. The van der Waals surface area contributed by atoms with Crippen LogP contribution in [0.1, 0.15) is 42.4 Å². The molecule has 2 aromatic heterocycles. The van der Waals surface area contributed by atoms with Crippen LogP contribution in [0.3, 0.4) is 0 Å². The molecule has 0 amide bonds. The third-order valence-electron chi connectivity index (χ3n) is 4.83. The van der Waals surface area contributed by atoms with Crippen molar-refractivity contribution in [1.82, 2.24) is 15.0 Å². The summed E-state index contributed by atoms with van der Waals surface area (Å²) in [4.78, 5) is 26.6. The van der Waals surface area contributed by atoms with Gasteiger partial charge in [0.25, 0.3) is 0 Å². The van der Waals surface area contributed by atoms with E-state index < -0.39 is 0 Å². The van der Waals surface area contributed by atoms with Gasteiger partial charge in [-0.2, -0.15) is 0 Å². The van der Waals surface area contributed by atoms with Crippen LogP contribution in [0.4, 0.5) is 5.82 Å². The van der Waals surface area contributed by atoms with Gasteiger partial charge in [0.05, 0.1) is 5.52 Å². The molecule has 1 aliphatic rings. The van der Waals surface area contributed by atoms with Crippen molar-refractivity contribution in [2.24, 2.45) is 0 Å². The summed E-state index contributed by atoms with van der Waals surface area (Å²) < 4.78 is 0. The van der Waals surface area contributed by atoms with Crippen molar-refractivity contribution >= 4 is 22.6 Å². The molecule has 0 spiro atoms. The highest BCUT2D eigenvalue weighted by Gasteiger charge is 2.18. The first kappa shape index (κ1) is 15.8. The van der Waals surface area contributed by atoms with E-state index in [1.165, 1.54) is 19.3 Å². The molecule has 1 aromatic carbocycles. The minimum absolute atomic E-state index is 0.0806. The van der Waals surface area contributed by atoms with Gasteiger partial charge >= 0.3 is 0 Å². The first-order chi connectivity index (χ1) is 12.1. The number of Topliss-reactive ketones (excluding diaryl/α,β-unsaturated/α-hetero) is 1. The fourth-order valence-corrected chi connectivity index (χ4v) is 3.49. The molecule has 0 bridgehead atoms. The molecule has 5 nitrogen and oxygen atoms in total. The second-order valence-electron chi connectivity index (χ2n) is 6.72. The Labute approximate surface area is 147 Å². The topological polar surface area (TPSA) is 61.9 Å². The number of carbonyl (C=O) groups excluding carboxylic acids is 1. The third-order valence-corrected chi connectivity index (χ3v) is 4.83.